The number of thioether (sulfide) groups is 1. The van der Waals surface area contributed by atoms with Crippen LogP contribution in [0.3, 0.4) is 0 Å². The number of fused-ring (bicyclic) bond motifs is 1. The second-order valence-electron chi connectivity index (χ2n) is 5.38. The van der Waals surface area contributed by atoms with Crippen LogP contribution in [0.5, 0.6) is 0 Å². The molecule has 0 aliphatic heterocycles. The van der Waals surface area contributed by atoms with E-state index in [1.807, 2.05) is 50.2 Å². The van der Waals surface area contributed by atoms with Crippen molar-refractivity contribution in [3.05, 3.63) is 41.4 Å². The summed E-state index contributed by atoms with van der Waals surface area (Å²) < 4.78 is 0. The van der Waals surface area contributed by atoms with Gasteiger partial charge in [-0.25, -0.2) is 0 Å². The average Bonchev–Trinajstić information content (AvgIpc) is 2.50. The molecule has 23 heavy (non-hydrogen) atoms. The fraction of sp³-hybridized carbons (Fsp3) is 0.294. The van der Waals surface area contributed by atoms with Crippen LogP contribution in [0.4, 0.5) is 0 Å². The number of benzene rings is 2. The zero-order valence-corrected chi connectivity index (χ0v) is 14.6. The zero-order chi connectivity index (χ0) is 16.8. The fourth-order valence-corrected chi connectivity index (χ4v) is 3.40. The molecule has 0 atom stereocenters. The van der Waals surface area contributed by atoms with E-state index in [9.17, 15) is 9.59 Å². The van der Waals surface area contributed by atoms with Crippen LogP contribution in [0, 0.1) is 0 Å². The normalized spacial score (nSPS) is 10.8. The number of carbonyl (C=O) groups excluding carboxylic acids is 2. The summed E-state index contributed by atoms with van der Waals surface area (Å²) in [6.07, 6.45) is 0. The number of hydrogen-bond donors (Lipinski definition) is 2. The fourth-order valence-electron chi connectivity index (χ4n) is 2.13. The maximum Gasteiger partial charge on any atom is 0.239 e. The summed E-state index contributed by atoms with van der Waals surface area (Å²) in [6, 6.07) is 11.7. The summed E-state index contributed by atoms with van der Waals surface area (Å²) in [4.78, 5) is 24.3. The number of carbonyl (C=O) groups is 2. The highest BCUT2D eigenvalue weighted by molar-refractivity contribution is 8.00. The molecule has 2 aromatic rings. The minimum Gasteiger partial charge on any atom is -0.352 e. The predicted molar refractivity (Wildman–Crippen MR) is 96.0 cm³/mol. The molecule has 0 saturated heterocycles. The van der Waals surface area contributed by atoms with Crippen molar-refractivity contribution in [1.29, 1.82) is 0 Å². The summed E-state index contributed by atoms with van der Waals surface area (Å²) in [5.41, 5.74) is 0. The van der Waals surface area contributed by atoms with Crippen molar-refractivity contribution in [3.63, 3.8) is 0 Å². The topological polar surface area (TPSA) is 58.2 Å². The Kier molecular flexibility index (Phi) is 6.30. The minimum absolute atomic E-state index is 0.00608. The van der Waals surface area contributed by atoms with Gasteiger partial charge in [-0.05, 0) is 31.4 Å². The first-order valence-electron chi connectivity index (χ1n) is 7.33. The third kappa shape index (κ3) is 5.15. The quantitative estimate of drug-likeness (QED) is 0.786. The summed E-state index contributed by atoms with van der Waals surface area (Å²) in [5, 5.41) is 8.00. The molecule has 0 aromatic heterocycles. The second kappa shape index (κ2) is 8.22. The van der Waals surface area contributed by atoms with Crippen LogP contribution in [-0.2, 0) is 9.59 Å². The largest absolute Gasteiger partial charge is 0.352 e. The van der Waals surface area contributed by atoms with Crippen molar-refractivity contribution < 1.29 is 9.59 Å². The third-order valence-corrected chi connectivity index (χ3v) is 4.44. The van der Waals surface area contributed by atoms with Gasteiger partial charge in [0.05, 0.1) is 12.3 Å². The Hall–Kier alpha value is -1.72. The molecule has 2 N–H and O–H groups in total. The lowest BCUT2D eigenvalue weighted by molar-refractivity contribution is -0.125. The van der Waals surface area contributed by atoms with Crippen LogP contribution < -0.4 is 10.6 Å². The van der Waals surface area contributed by atoms with Crippen molar-refractivity contribution in [2.75, 3.05) is 12.3 Å². The molecule has 0 unspecified atom stereocenters. The van der Waals surface area contributed by atoms with Crippen LogP contribution >= 0.6 is 23.4 Å². The third-order valence-electron chi connectivity index (χ3n) is 3.07. The van der Waals surface area contributed by atoms with E-state index in [1.54, 1.807) is 0 Å². The van der Waals surface area contributed by atoms with Gasteiger partial charge in [-0.1, -0.05) is 35.9 Å². The second-order valence-corrected chi connectivity index (χ2v) is 6.81. The number of amides is 2. The van der Waals surface area contributed by atoms with Crippen molar-refractivity contribution in [1.82, 2.24) is 10.6 Å². The molecule has 2 rings (SSSR count). The highest BCUT2D eigenvalue weighted by atomic mass is 35.5. The van der Waals surface area contributed by atoms with Crippen molar-refractivity contribution >= 4 is 45.9 Å². The molecule has 0 bridgehead atoms. The molecule has 0 heterocycles. The first kappa shape index (κ1) is 17.6. The molecular weight excluding hydrogens is 332 g/mol. The lowest BCUT2D eigenvalue weighted by atomic mass is 10.1. The van der Waals surface area contributed by atoms with Crippen LogP contribution in [0.25, 0.3) is 10.8 Å². The molecule has 4 nitrogen and oxygen atoms in total. The molecule has 0 aliphatic rings. The Labute approximate surface area is 145 Å². The molecule has 0 fully saturated rings. The smallest absolute Gasteiger partial charge is 0.239 e. The molecule has 0 radical (unpaired) electrons. The zero-order valence-electron chi connectivity index (χ0n) is 13.1. The van der Waals surface area contributed by atoms with Gasteiger partial charge in [-0.15, -0.1) is 11.8 Å². The molecule has 6 heteroatoms. The van der Waals surface area contributed by atoms with Crippen LogP contribution in [0.15, 0.2) is 41.3 Å². The van der Waals surface area contributed by atoms with E-state index in [-0.39, 0.29) is 30.2 Å². The number of halogens is 1. The van der Waals surface area contributed by atoms with Gasteiger partial charge < -0.3 is 10.6 Å². The van der Waals surface area contributed by atoms with Gasteiger partial charge in [-0.2, -0.15) is 0 Å². The van der Waals surface area contributed by atoms with Gasteiger partial charge in [0.2, 0.25) is 11.8 Å². The average molecular weight is 351 g/mol. The molecule has 2 amide bonds. The molecule has 0 spiro atoms. The standard InChI is InChI=1S/C17H19ClN2O2S/c1-11(2)20-15(21)9-19-16(22)10-23-14-8-4-6-12-5-3-7-13(18)17(12)14/h3-8,11H,9-10H2,1-2H3,(H,19,22)(H,20,21). The summed E-state index contributed by atoms with van der Waals surface area (Å²) in [5.74, 6) is -0.135. The summed E-state index contributed by atoms with van der Waals surface area (Å²) >= 11 is 7.67. The Balaban J connectivity index is 1.94. The maximum atomic E-state index is 11.9. The Bertz CT molecular complexity index is 714. The first-order valence-corrected chi connectivity index (χ1v) is 8.70. The lowest BCUT2D eigenvalue weighted by Gasteiger charge is -2.10. The molecule has 122 valence electrons. The first-order chi connectivity index (χ1) is 11.0. The highest BCUT2D eigenvalue weighted by Gasteiger charge is 2.10. The van der Waals surface area contributed by atoms with Crippen LogP contribution in [0.1, 0.15) is 13.8 Å². The van der Waals surface area contributed by atoms with Crippen molar-refractivity contribution in [2.24, 2.45) is 0 Å². The lowest BCUT2D eigenvalue weighted by Crippen LogP contribution is -2.40. The van der Waals surface area contributed by atoms with Crippen LogP contribution in [-0.4, -0.2) is 30.2 Å². The van der Waals surface area contributed by atoms with Crippen LogP contribution in [0.2, 0.25) is 5.02 Å². The number of rotatable bonds is 6. The Morgan fingerprint density at radius 2 is 1.83 bits per heavy atom. The number of nitrogens with one attached hydrogen (secondary N) is 2. The number of hydrogen-bond acceptors (Lipinski definition) is 3. The van der Waals surface area contributed by atoms with Gasteiger partial charge in [0.15, 0.2) is 0 Å². The van der Waals surface area contributed by atoms with E-state index in [1.165, 1.54) is 11.8 Å². The van der Waals surface area contributed by atoms with Gasteiger partial charge in [0, 0.05) is 21.3 Å². The van der Waals surface area contributed by atoms with E-state index >= 15 is 0 Å². The van der Waals surface area contributed by atoms with E-state index in [4.69, 9.17) is 11.6 Å². The molecule has 0 aliphatic carbocycles. The predicted octanol–water partition coefficient (Wildman–Crippen LogP) is 3.23. The maximum absolute atomic E-state index is 11.9. The van der Waals surface area contributed by atoms with Gasteiger partial charge >= 0.3 is 0 Å². The SMILES string of the molecule is CC(C)NC(=O)CNC(=O)CSc1cccc2cccc(Cl)c12. The van der Waals surface area contributed by atoms with E-state index in [2.05, 4.69) is 10.6 Å². The molecular formula is C17H19ClN2O2S. The molecule has 0 saturated carbocycles. The van der Waals surface area contributed by atoms with Gasteiger partial charge in [0.1, 0.15) is 0 Å². The summed E-state index contributed by atoms with van der Waals surface area (Å²) in [7, 11) is 0. The van der Waals surface area contributed by atoms with Gasteiger partial charge in [0.25, 0.3) is 0 Å². The summed E-state index contributed by atoms with van der Waals surface area (Å²) in [6.45, 7) is 3.74. The van der Waals surface area contributed by atoms with Gasteiger partial charge in [-0.3, -0.25) is 9.59 Å². The van der Waals surface area contributed by atoms with Crippen molar-refractivity contribution in [3.8, 4) is 0 Å². The van der Waals surface area contributed by atoms with E-state index in [0.717, 1.165) is 15.7 Å². The monoisotopic (exact) mass is 350 g/mol. The van der Waals surface area contributed by atoms with E-state index in [0.29, 0.717) is 5.02 Å². The molecule has 2 aromatic carbocycles. The minimum atomic E-state index is -0.188. The Morgan fingerprint density at radius 3 is 2.52 bits per heavy atom. The van der Waals surface area contributed by atoms with E-state index < -0.39 is 0 Å². The van der Waals surface area contributed by atoms with Crippen molar-refractivity contribution in [2.45, 2.75) is 24.8 Å². The Morgan fingerprint density at radius 1 is 1.13 bits per heavy atom. The highest BCUT2D eigenvalue weighted by Crippen LogP contribution is 2.32.